The summed E-state index contributed by atoms with van der Waals surface area (Å²) in [4.78, 5) is 0.388. The van der Waals surface area contributed by atoms with Gasteiger partial charge in [0.05, 0.1) is 10.9 Å². The molecule has 2 aromatic rings. The summed E-state index contributed by atoms with van der Waals surface area (Å²) >= 11 is 0. The van der Waals surface area contributed by atoms with Crippen molar-refractivity contribution in [2.75, 3.05) is 6.54 Å². The van der Waals surface area contributed by atoms with Crippen LogP contribution >= 0.6 is 0 Å². The van der Waals surface area contributed by atoms with Crippen molar-refractivity contribution in [2.24, 2.45) is 0 Å². The van der Waals surface area contributed by atoms with E-state index in [1.807, 2.05) is 19.1 Å². The predicted molar refractivity (Wildman–Crippen MR) is 102 cm³/mol. The molecule has 1 fully saturated rings. The number of rotatable bonds is 3. The average molecular weight is 358 g/mol. The number of hydrogen-bond donors (Lipinski definition) is 0. The van der Waals surface area contributed by atoms with E-state index in [2.05, 4.69) is 45.0 Å². The highest BCUT2D eigenvalue weighted by Gasteiger charge is 2.36. The second-order valence-electron chi connectivity index (χ2n) is 7.96. The third-order valence-corrected chi connectivity index (χ3v) is 6.92. The standard InChI is InChI=1S/C21H27NO2S/c1-16-7-9-17(10-8-16)20-6-5-15-22(20)25(23,24)19-13-11-18(12-14-19)21(2,3)4/h7-14,20H,5-6,15H2,1-4H3. The van der Waals surface area contributed by atoms with Crippen molar-refractivity contribution in [3.05, 3.63) is 65.2 Å². The third-order valence-electron chi connectivity index (χ3n) is 4.99. The Hall–Kier alpha value is -1.65. The Bertz CT molecular complexity index is 831. The van der Waals surface area contributed by atoms with E-state index in [-0.39, 0.29) is 11.5 Å². The number of hydrogen-bond acceptors (Lipinski definition) is 2. The summed E-state index contributed by atoms with van der Waals surface area (Å²) in [7, 11) is -3.48. The first-order valence-electron chi connectivity index (χ1n) is 8.88. The SMILES string of the molecule is Cc1ccc(C2CCCN2S(=O)(=O)c2ccc(C(C)(C)C)cc2)cc1. The van der Waals surface area contributed by atoms with Gasteiger partial charge in [0, 0.05) is 6.54 Å². The molecule has 1 aliphatic rings. The molecule has 3 rings (SSSR count). The van der Waals surface area contributed by atoms with E-state index in [0.29, 0.717) is 11.4 Å². The molecular weight excluding hydrogens is 330 g/mol. The second-order valence-corrected chi connectivity index (χ2v) is 9.85. The quantitative estimate of drug-likeness (QED) is 0.790. The zero-order chi connectivity index (χ0) is 18.2. The van der Waals surface area contributed by atoms with Crippen LogP contribution in [0.2, 0.25) is 0 Å². The Balaban J connectivity index is 1.92. The second kappa shape index (κ2) is 6.58. The summed E-state index contributed by atoms with van der Waals surface area (Å²) in [6, 6.07) is 15.5. The van der Waals surface area contributed by atoms with Gasteiger partial charge in [0.25, 0.3) is 0 Å². The fourth-order valence-electron chi connectivity index (χ4n) is 3.41. The number of nitrogens with zero attached hydrogens (tertiary/aromatic N) is 1. The summed E-state index contributed by atoms with van der Waals surface area (Å²) in [6.45, 7) is 9.02. The molecule has 0 bridgehead atoms. The van der Waals surface area contributed by atoms with Crippen LogP contribution in [0.3, 0.4) is 0 Å². The molecular formula is C21H27NO2S. The molecule has 134 valence electrons. The Morgan fingerprint density at radius 3 is 2.12 bits per heavy atom. The zero-order valence-corrected chi connectivity index (χ0v) is 16.3. The van der Waals surface area contributed by atoms with Crippen molar-refractivity contribution < 1.29 is 8.42 Å². The molecule has 0 saturated carbocycles. The molecule has 4 heteroatoms. The Morgan fingerprint density at radius 1 is 0.960 bits per heavy atom. The molecule has 0 spiro atoms. The predicted octanol–water partition coefficient (Wildman–Crippen LogP) is 4.82. The van der Waals surface area contributed by atoms with Crippen molar-refractivity contribution in [1.29, 1.82) is 0 Å². The van der Waals surface area contributed by atoms with Crippen LogP contribution in [0.25, 0.3) is 0 Å². The number of benzene rings is 2. The maximum atomic E-state index is 13.2. The first-order valence-corrected chi connectivity index (χ1v) is 10.3. The van der Waals surface area contributed by atoms with Crippen molar-refractivity contribution in [2.45, 2.75) is 56.9 Å². The van der Waals surface area contributed by atoms with Gasteiger partial charge in [-0.1, -0.05) is 62.7 Å². The van der Waals surface area contributed by atoms with Gasteiger partial charge >= 0.3 is 0 Å². The van der Waals surface area contributed by atoms with Gasteiger partial charge in [0.1, 0.15) is 0 Å². The zero-order valence-electron chi connectivity index (χ0n) is 15.5. The molecule has 0 aromatic heterocycles. The van der Waals surface area contributed by atoms with Crippen LogP contribution in [0.5, 0.6) is 0 Å². The van der Waals surface area contributed by atoms with Gasteiger partial charge in [-0.05, 0) is 48.4 Å². The minimum Gasteiger partial charge on any atom is -0.207 e. The van der Waals surface area contributed by atoms with E-state index in [0.717, 1.165) is 24.0 Å². The molecule has 3 nitrogen and oxygen atoms in total. The minimum absolute atomic E-state index is 0.0143. The maximum Gasteiger partial charge on any atom is 0.243 e. The lowest BCUT2D eigenvalue weighted by atomic mass is 9.87. The van der Waals surface area contributed by atoms with Crippen molar-refractivity contribution >= 4 is 10.0 Å². The molecule has 1 aliphatic heterocycles. The van der Waals surface area contributed by atoms with Crippen LogP contribution in [0.1, 0.15) is 56.3 Å². The van der Waals surface area contributed by atoms with E-state index >= 15 is 0 Å². The minimum atomic E-state index is -3.48. The summed E-state index contributed by atoms with van der Waals surface area (Å²) in [5, 5.41) is 0. The highest BCUT2D eigenvalue weighted by atomic mass is 32.2. The van der Waals surface area contributed by atoms with Crippen LogP contribution in [-0.2, 0) is 15.4 Å². The molecule has 0 amide bonds. The van der Waals surface area contributed by atoms with Crippen LogP contribution in [-0.4, -0.2) is 19.3 Å². The first kappa shape index (κ1) is 18.2. The summed E-state index contributed by atoms with van der Waals surface area (Å²) in [6.07, 6.45) is 1.78. The van der Waals surface area contributed by atoms with Gasteiger partial charge in [-0.2, -0.15) is 4.31 Å². The third kappa shape index (κ3) is 3.65. The van der Waals surface area contributed by atoms with E-state index in [1.165, 1.54) is 5.56 Å². The van der Waals surface area contributed by atoms with Gasteiger partial charge < -0.3 is 0 Å². The lowest BCUT2D eigenvalue weighted by Crippen LogP contribution is -2.30. The summed E-state index contributed by atoms with van der Waals surface area (Å²) in [5.41, 5.74) is 3.43. The molecule has 1 unspecified atom stereocenters. The van der Waals surface area contributed by atoms with E-state index in [4.69, 9.17) is 0 Å². The molecule has 25 heavy (non-hydrogen) atoms. The van der Waals surface area contributed by atoms with E-state index in [9.17, 15) is 8.42 Å². The number of sulfonamides is 1. The monoisotopic (exact) mass is 357 g/mol. The first-order chi connectivity index (χ1) is 11.7. The fourth-order valence-corrected chi connectivity index (χ4v) is 5.09. The van der Waals surface area contributed by atoms with Crippen LogP contribution in [0, 0.1) is 6.92 Å². The van der Waals surface area contributed by atoms with Crippen molar-refractivity contribution in [3.63, 3.8) is 0 Å². The summed E-state index contributed by atoms with van der Waals surface area (Å²) < 4.78 is 28.0. The number of aryl methyl sites for hydroxylation is 1. The normalized spacial score (nSPS) is 19.3. The van der Waals surface area contributed by atoms with Gasteiger partial charge in [0.15, 0.2) is 0 Å². The molecule has 2 aromatic carbocycles. The Kier molecular flexibility index (Phi) is 4.78. The smallest absolute Gasteiger partial charge is 0.207 e. The molecule has 1 atom stereocenters. The van der Waals surface area contributed by atoms with Crippen LogP contribution in [0.15, 0.2) is 53.4 Å². The molecule has 0 radical (unpaired) electrons. The molecule has 0 N–H and O–H groups in total. The van der Waals surface area contributed by atoms with Gasteiger partial charge in [-0.3, -0.25) is 0 Å². The van der Waals surface area contributed by atoms with E-state index < -0.39 is 10.0 Å². The maximum absolute atomic E-state index is 13.2. The molecule has 1 saturated heterocycles. The van der Waals surface area contributed by atoms with Gasteiger partial charge in [0.2, 0.25) is 10.0 Å². The van der Waals surface area contributed by atoms with Crippen molar-refractivity contribution in [3.8, 4) is 0 Å². The average Bonchev–Trinajstić information content (AvgIpc) is 3.05. The van der Waals surface area contributed by atoms with Gasteiger partial charge in [-0.15, -0.1) is 0 Å². The van der Waals surface area contributed by atoms with Crippen LogP contribution in [0.4, 0.5) is 0 Å². The highest BCUT2D eigenvalue weighted by molar-refractivity contribution is 7.89. The lowest BCUT2D eigenvalue weighted by Gasteiger charge is -2.25. The fraction of sp³-hybridized carbons (Fsp3) is 0.429. The molecule has 1 heterocycles. The Labute approximate surface area is 151 Å². The van der Waals surface area contributed by atoms with E-state index in [1.54, 1.807) is 16.4 Å². The topological polar surface area (TPSA) is 37.4 Å². The van der Waals surface area contributed by atoms with Gasteiger partial charge in [-0.25, -0.2) is 8.42 Å². The highest BCUT2D eigenvalue weighted by Crippen LogP contribution is 2.37. The molecule has 0 aliphatic carbocycles. The Morgan fingerprint density at radius 2 is 1.56 bits per heavy atom. The van der Waals surface area contributed by atoms with Crippen LogP contribution < -0.4 is 0 Å². The van der Waals surface area contributed by atoms with Crippen molar-refractivity contribution in [1.82, 2.24) is 4.31 Å². The summed E-state index contributed by atoms with van der Waals surface area (Å²) in [5.74, 6) is 0. The largest absolute Gasteiger partial charge is 0.243 e. The lowest BCUT2D eigenvalue weighted by molar-refractivity contribution is 0.396.